The molecule has 2 aromatic rings. The average molecular weight is 233 g/mol. The number of anilines is 1. The van der Waals surface area contributed by atoms with Crippen molar-refractivity contribution >= 4 is 17.0 Å². The van der Waals surface area contributed by atoms with Gasteiger partial charge in [-0.2, -0.15) is 0 Å². The maximum Gasteiger partial charge on any atom is 0.201 e. The van der Waals surface area contributed by atoms with Crippen molar-refractivity contribution in [3.63, 3.8) is 0 Å². The largest absolute Gasteiger partial charge is 0.369 e. The second-order valence-corrected chi connectivity index (χ2v) is 5.00. The average Bonchev–Trinajstić information content (AvgIpc) is 2.99. The summed E-state index contributed by atoms with van der Waals surface area (Å²) in [6.45, 7) is 2.15. The summed E-state index contributed by atoms with van der Waals surface area (Å²) in [5, 5.41) is 0. The molecule has 1 aromatic heterocycles. The Kier molecular flexibility index (Phi) is 2.31. The molecule has 90 valence electrons. The van der Waals surface area contributed by atoms with Gasteiger partial charge in [-0.25, -0.2) is 9.37 Å². The molecule has 1 aromatic carbocycles. The van der Waals surface area contributed by atoms with Gasteiger partial charge in [-0.15, -0.1) is 0 Å². The highest BCUT2D eigenvalue weighted by Gasteiger charge is 2.25. The highest BCUT2D eigenvalue weighted by molar-refractivity contribution is 5.78. The molecule has 0 saturated heterocycles. The van der Waals surface area contributed by atoms with Crippen LogP contribution in [0.4, 0.5) is 10.3 Å². The van der Waals surface area contributed by atoms with Gasteiger partial charge in [0.1, 0.15) is 5.82 Å². The molecule has 1 saturated carbocycles. The first kappa shape index (κ1) is 10.6. The van der Waals surface area contributed by atoms with Gasteiger partial charge in [0.2, 0.25) is 5.95 Å². The Bertz CT molecular complexity index is 557. The van der Waals surface area contributed by atoms with Crippen LogP contribution in [0.25, 0.3) is 11.0 Å². The Hall–Kier alpha value is -1.58. The van der Waals surface area contributed by atoms with Crippen LogP contribution in [0.1, 0.15) is 32.2 Å². The van der Waals surface area contributed by atoms with Crippen LogP contribution in [0.15, 0.2) is 18.2 Å². The van der Waals surface area contributed by atoms with E-state index in [0.717, 1.165) is 17.9 Å². The monoisotopic (exact) mass is 233 g/mol. The normalized spacial score (nSPS) is 17.5. The molecule has 0 radical (unpaired) electrons. The smallest absolute Gasteiger partial charge is 0.201 e. The highest BCUT2D eigenvalue weighted by Crippen LogP contribution is 2.38. The van der Waals surface area contributed by atoms with Gasteiger partial charge in [0, 0.05) is 12.1 Å². The van der Waals surface area contributed by atoms with Crippen molar-refractivity contribution in [1.82, 2.24) is 9.55 Å². The van der Waals surface area contributed by atoms with Gasteiger partial charge in [-0.3, -0.25) is 0 Å². The Labute approximate surface area is 99.4 Å². The fourth-order valence-electron chi connectivity index (χ4n) is 2.50. The summed E-state index contributed by atoms with van der Waals surface area (Å²) < 4.78 is 15.1. The maximum atomic E-state index is 13.1. The number of imidazole rings is 1. The lowest BCUT2D eigenvalue weighted by atomic mass is 10.1. The number of rotatable bonds is 3. The first-order valence-electron chi connectivity index (χ1n) is 6.08. The summed E-state index contributed by atoms with van der Waals surface area (Å²) in [6, 6.07) is 4.99. The second-order valence-electron chi connectivity index (χ2n) is 5.00. The van der Waals surface area contributed by atoms with E-state index in [-0.39, 0.29) is 5.82 Å². The third kappa shape index (κ3) is 1.88. The molecule has 0 amide bonds. The molecule has 4 heteroatoms. The molecule has 0 aliphatic heterocycles. The Morgan fingerprint density at radius 3 is 3.00 bits per heavy atom. The molecule has 1 unspecified atom stereocenters. The molecule has 1 fully saturated rings. The van der Waals surface area contributed by atoms with Gasteiger partial charge in [0.05, 0.1) is 11.0 Å². The Morgan fingerprint density at radius 1 is 1.53 bits per heavy atom. The summed E-state index contributed by atoms with van der Waals surface area (Å²) in [6.07, 6.45) is 3.78. The van der Waals surface area contributed by atoms with Crippen molar-refractivity contribution < 1.29 is 4.39 Å². The number of nitrogen functional groups attached to an aromatic ring is 1. The zero-order chi connectivity index (χ0) is 12.0. The lowest BCUT2D eigenvalue weighted by molar-refractivity contribution is 0.492. The van der Waals surface area contributed by atoms with Crippen molar-refractivity contribution in [3.05, 3.63) is 24.0 Å². The van der Waals surface area contributed by atoms with Gasteiger partial charge >= 0.3 is 0 Å². The predicted molar refractivity (Wildman–Crippen MR) is 66.2 cm³/mol. The molecular weight excluding hydrogens is 217 g/mol. The number of hydrogen-bond donors (Lipinski definition) is 1. The molecular formula is C13H16FN3. The Balaban J connectivity index is 2.04. The predicted octanol–water partition coefficient (Wildman–Crippen LogP) is 3.12. The summed E-state index contributed by atoms with van der Waals surface area (Å²) in [7, 11) is 0. The number of aromatic nitrogens is 2. The number of benzene rings is 1. The molecule has 1 aliphatic carbocycles. The van der Waals surface area contributed by atoms with E-state index in [1.807, 2.05) is 4.57 Å². The van der Waals surface area contributed by atoms with Crippen LogP contribution in [0.5, 0.6) is 0 Å². The minimum absolute atomic E-state index is 0.267. The van der Waals surface area contributed by atoms with E-state index in [9.17, 15) is 4.39 Å². The highest BCUT2D eigenvalue weighted by atomic mass is 19.1. The van der Waals surface area contributed by atoms with Crippen LogP contribution in [0, 0.1) is 11.7 Å². The van der Waals surface area contributed by atoms with E-state index in [2.05, 4.69) is 11.9 Å². The quantitative estimate of drug-likeness (QED) is 0.885. The number of fused-ring (bicyclic) bond motifs is 1. The second kappa shape index (κ2) is 3.72. The van der Waals surface area contributed by atoms with E-state index in [1.165, 1.54) is 25.0 Å². The van der Waals surface area contributed by atoms with Gasteiger partial charge < -0.3 is 10.3 Å². The van der Waals surface area contributed by atoms with Crippen molar-refractivity contribution in [2.75, 3.05) is 5.73 Å². The summed E-state index contributed by atoms with van der Waals surface area (Å²) in [5.41, 5.74) is 7.50. The van der Waals surface area contributed by atoms with E-state index >= 15 is 0 Å². The number of hydrogen-bond acceptors (Lipinski definition) is 2. The number of nitrogens with two attached hydrogens (primary N) is 1. The molecule has 3 rings (SSSR count). The molecule has 1 atom stereocenters. The van der Waals surface area contributed by atoms with E-state index in [0.29, 0.717) is 17.5 Å². The van der Waals surface area contributed by atoms with Crippen LogP contribution in [0.3, 0.4) is 0 Å². The minimum Gasteiger partial charge on any atom is -0.369 e. The zero-order valence-corrected chi connectivity index (χ0v) is 9.86. The van der Waals surface area contributed by atoms with E-state index in [1.54, 1.807) is 6.07 Å². The van der Waals surface area contributed by atoms with E-state index < -0.39 is 0 Å². The lowest BCUT2D eigenvalue weighted by Gasteiger charge is -2.15. The van der Waals surface area contributed by atoms with Gasteiger partial charge in [0.25, 0.3) is 0 Å². The minimum atomic E-state index is -0.267. The van der Waals surface area contributed by atoms with Gasteiger partial charge in [-0.05, 0) is 31.4 Å². The summed E-state index contributed by atoms with van der Waals surface area (Å²) in [4.78, 5) is 4.22. The molecule has 17 heavy (non-hydrogen) atoms. The topological polar surface area (TPSA) is 43.8 Å². The van der Waals surface area contributed by atoms with Crippen molar-refractivity contribution in [2.45, 2.75) is 32.2 Å². The van der Waals surface area contributed by atoms with Gasteiger partial charge in [0.15, 0.2) is 0 Å². The van der Waals surface area contributed by atoms with Crippen LogP contribution in [-0.4, -0.2) is 9.55 Å². The van der Waals surface area contributed by atoms with E-state index in [4.69, 9.17) is 5.73 Å². The number of nitrogens with zero attached hydrogens (tertiary/aromatic N) is 2. The first-order valence-corrected chi connectivity index (χ1v) is 6.08. The fraction of sp³-hybridized carbons (Fsp3) is 0.462. The molecule has 3 nitrogen and oxygen atoms in total. The molecule has 0 bridgehead atoms. The van der Waals surface area contributed by atoms with Crippen molar-refractivity contribution in [3.8, 4) is 0 Å². The lowest BCUT2D eigenvalue weighted by Crippen LogP contribution is -2.09. The zero-order valence-electron chi connectivity index (χ0n) is 9.86. The fourth-order valence-corrected chi connectivity index (χ4v) is 2.50. The van der Waals surface area contributed by atoms with Crippen molar-refractivity contribution in [2.24, 2.45) is 5.92 Å². The first-order chi connectivity index (χ1) is 8.15. The molecule has 2 N–H and O–H groups in total. The van der Waals surface area contributed by atoms with Crippen LogP contribution in [0.2, 0.25) is 0 Å². The van der Waals surface area contributed by atoms with Gasteiger partial charge in [-0.1, -0.05) is 12.8 Å². The summed E-state index contributed by atoms with van der Waals surface area (Å²) >= 11 is 0. The SMILES string of the molecule is CC(CC1CC1)n1c(N)nc2cc(F)ccc21. The summed E-state index contributed by atoms with van der Waals surface area (Å²) in [5.74, 6) is 1.05. The standard InChI is InChI=1S/C13H16FN3/c1-8(6-9-2-3-9)17-12-5-4-10(14)7-11(12)16-13(17)15/h4-5,7-9H,2-3,6H2,1H3,(H2,15,16). The number of halogens is 1. The molecule has 1 heterocycles. The van der Waals surface area contributed by atoms with Crippen LogP contribution in [-0.2, 0) is 0 Å². The third-order valence-corrected chi connectivity index (χ3v) is 3.49. The Morgan fingerprint density at radius 2 is 2.29 bits per heavy atom. The third-order valence-electron chi connectivity index (χ3n) is 3.49. The molecule has 1 aliphatic rings. The van der Waals surface area contributed by atoms with Crippen molar-refractivity contribution in [1.29, 1.82) is 0 Å². The van der Waals surface area contributed by atoms with Crippen LogP contribution < -0.4 is 5.73 Å². The molecule has 0 spiro atoms. The maximum absolute atomic E-state index is 13.1. The van der Waals surface area contributed by atoms with Crippen LogP contribution >= 0.6 is 0 Å².